The third-order valence-electron chi connectivity index (χ3n) is 1.40. The average molecular weight is 160 g/mol. The zero-order valence-corrected chi connectivity index (χ0v) is 5.58. The van der Waals surface area contributed by atoms with Crippen molar-refractivity contribution in [3.05, 3.63) is 0 Å². The molecule has 1 heterocycles. The number of nitrogens with zero attached hydrogens (tertiary/aromatic N) is 2. The fraction of sp³-hybridized carbons (Fsp3) is 0.600. The highest BCUT2D eigenvalue weighted by molar-refractivity contribution is 6.27. The van der Waals surface area contributed by atoms with Crippen molar-refractivity contribution >= 4 is 12.1 Å². The summed E-state index contributed by atoms with van der Waals surface area (Å²) in [6, 6.07) is 0. The predicted octanol–water partition coefficient (Wildman–Crippen LogP) is -2.51. The molecule has 3 N–H and O–H groups in total. The van der Waals surface area contributed by atoms with E-state index in [-0.39, 0.29) is 5.84 Å². The van der Waals surface area contributed by atoms with Gasteiger partial charge in [0, 0.05) is 0 Å². The zero-order valence-electron chi connectivity index (χ0n) is 5.58. The Bertz CT molecular complexity index is 193. The van der Waals surface area contributed by atoms with Crippen LogP contribution in [0.15, 0.2) is 4.99 Å². The van der Waals surface area contributed by atoms with Gasteiger partial charge in [-0.05, 0) is 0 Å². The van der Waals surface area contributed by atoms with Crippen LogP contribution >= 0.6 is 0 Å². The third-order valence-corrected chi connectivity index (χ3v) is 1.40. The summed E-state index contributed by atoms with van der Waals surface area (Å²) in [6.07, 6.45) is -2.31. The lowest BCUT2D eigenvalue weighted by Crippen LogP contribution is -2.40. The fourth-order valence-corrected chi connectivity index (χ4v) is 0.827. The first-order valence-corrected chi connectivity index (χ1v) is 2.97. The standard InChI is InChI=1S/C5H8N2O4/c8-1-3-6-4(10)5(11)7(3)2-9/h1,4-5,9-11H,2H2. The number of carbonyl (C=O) groups is 1. The molecule has 0 saturated heterocycles. The van der Waals surface area contributed by atoms with Gasteiger partial charge in [0.2, 0.25) is 0 Å². The first-order valence-electron chi connectivity index (χ1n) is 2.97. The van der Waals surface area contributed by atoms with Crippen molar-refractivity contribution in [2.75, 3.05) is 6.73 Å². The van der Waals surface area contributed by atoms with Crippen molar-refractivity contribution in [2.24, 2.45) is 4.99 Å². The Labute approximate surface area is 62.4 Å². The number of aliphatic imine (C=N–C) groups is 1. The summed E-state index contributed by atoms with van der Waals surface area (Å²) in [6.45, 7) is -0.546. The van der Waals surface area contributed by atoms with E-state index in [1.165, 1.54) is 0 Å². The van der Waals surface area contributed by atoms with E-state index in [9.17, 15) is 4.79 Å². The molecular formula is C5H8N2O4. The topological polar surface area (TPSA) is 93.4 Å². The molecule has 6 nitrogen and oxygen atoms in total. The quantitative estimate of drug-likeness (QED) is 0.388. The van der Waals surface area contributed by atoms with Crippen molar-refractivity contribution < 1.29 is 20.1 Å². The second kappa shape index (κ2) is 2.95. The molecule has 2 atom stereocenters. The van der Waals surface area contributed by atoms with Crippen molar-refractivity contribution in [2.45, 2.75) is 12.5 Å². The van der Waals surface area contributed by atoms with Gasteiger partial charge in [-0.15, -0.1) is 0 Å². The Balaban J connectivity index is 2.77. The van der Waals surface area contributed by atoms with Crippen LogP contribution in [-0.4, -0.2) is 51.5 Å². The molecule has 0 spiro atoms. The summed E-state index contributed by atoms with van der Waals surface area (Å²) < 4.78 is 0. The second-order valence-corrected chi connectivity index (χ2v) is 2.04. The van der Waals surface area contributed by atoms with E-state index in [0.717, 1.165) is 4.90 Å². The van der Waals surface area contributed by atoms with Gasteiger partial charge in [-0.1, -0.05) is 0 Å². The first-order chi connectivity index (χ1) is 5.20. The average Bonchev–Trinajstić information content (AvgIpc) is 2.28. The lowest BCUT2D eigenvalue weighted by molar-refractivity contribution is -0.104. The predicted molar refractivity (Wildman–Crippen MR) is 34.4 cm³/mol. The van der Waals surface area contributed by atoms with Crippen LogP contribution in [0.4, 0.5) is 0 Å². The Kier molecular flexibility index (Phi) is 2.18. The monoisotopic (exact) mass is 160 g/mol. The smallest absolute Gasteiger partial charge is 0.192 e. The number of hydrogen-bond donors (Lipinski definition) is 3. The van der Waals surface area contributed by atoms with E-state index >= 15 is 0 Å². The van der Waals surface area contributed by atoms with Crippen LogP contribution in [0.25, 0.3) is 0 Å². The molecule has 6 heteroatoms. The van der Waals surface area contributed by atoms with Crippen molar-refractivity contribution in [3.63, 3.8) is 0 Å². The van der Waals surface area contributed by atoms with Gasteiger partial charge in [-0.25, -0.2) is 4.99 Å². The highest BCUT2D eigenvalue weighted by Gasteiger charge is 2.32. The fourth-order valence-electron chi connectivity index (χ4n) is 0.827. The van der Waals surface area contributed by atoms with Crippen molar-refractivity contribution in [1.82, 2.24) is 4.90 Å². The van der Waals surface area contributed by atoms with E-state index in [1.54, 1.807) is 0 Å². The van der Waals surface area contributed by atoms with Crippen molar-refractivity contribution in [3.8, 4) is 0 Å². The molecule has 0 amide bonds. The molecule has 11 heavy (non-hydrogen) atoms. The highest BCUT2D eigenvalue weighted by atomic mass is 16.4. The first kappa shape index (κ1) is 8.12. The Morgan fingerprint density at radius 1 is 1.64 bits per heavy atom. The molecule has 1 rings (SSSR count). The van der Waals surface area contributed by atoms with E-state index in [0.29, 0.717) is 6.29 Å². The third kappa shape index (κ3) is 1.23. The number of aliphatic hydroxyl groups is 3. The highest BCUT2D eigenvalue weighted by Crippen LogP contribution is 2.11. The normalized spacial score (nSPS) is 30.5. The maximum absolute atomic E-state index is 10.2. The minimum atomic E-state index is -1.35. The molecule has 62 valence electrons. The molecule has 1 aliphatic heterocycles. The zero-order chi connectivity index (χ0) is 8.43. The molecule has 0 fully saturated rings. The number of hydrogen-bond acceptors (Lipinski definition) is 6. The molecule has 0 saturated carbocycles. The van der Waals surface area contributed by atoms with Gasteiger partial charge in [-0.3, -0.25) is 4.79 Å². The number of aldehydes is 1. The molecule has 0 radical (unpaired) electrons. The molecule has 0 aromatic heterocycles. The number of amidine groups is 1. The van der Waals surface area contributed by atoms with Gasteiger partial charge in [0.1, 0.15) is 6.73 Å². The summed E-state index contributed by atoms with van der Waals surface area (Å²) >= 11 is 0. The van der Waals surface area contributed by atoms with Crippen LogP contribution < -0.4 is 0 Å². The Hall–Kier alpha value is -0.980. The number of aliphatic hydroxyl groups excluding tert-OH is 3. The SMILES string of the molecule is O=CC1=NC(O)C(O)N1CO. The lowest BCUT2D eigenvalue weighted by atomic mass is 10.5. The van der Waals surface area contributed by atoms with Gasteiger partial charge < -0.3 is 20.2 Å². The molecule has 0 aromatic rings. The molecule has 2 unspecified atom stereocenters. The minimum absolute atomic E-state index is 0.146. The largest absolute Gasteiger partial charge is 0.376 e. The minimum Gasteiger partial charge on any atom is -0.376 e. The van der Waals surface area contributed by atoms with E-state index in [1.807, 2.05) is 0 Å². The maximum atomic E-state index is 10.2. The van der Waals surface area contributed by atoms with Gasteiger partial charge in [0.25, 0.3) is 0 Å². The van der Waals surface area contributed by atoms with E-state index in [2.05, 4.69) is 4.99 Å². The van der Waals surface area contributed by atoms with Gasteiger partial charge in [-0.2, -0.15) is 0 Å². The molecular weight excluding hydrogens is 152 g/mol. The molecule has 0 bridgehead atoms. The summed E-state index contributed by atoms with van der Waals surface area (Å²) in [7, 11) is 0. The molecule has 1 aliphatic rings. The number of rotatable bonds is 2. The second-order valence-electron chi connectivity index (χ2n) is 2.04. The Morgan fingerprint density at radius 3 is 2.64 bits per heavy atom. The summed E-state index contributed by atoms with van der Waals surface area (Å²) in [5.74, 6) is -0.146. The summed E-state index contributed by atoms with van der Waals surface area (Å²) in [5, 5.41) is 26.4. The van der Waals surface area contributed by atoms with E-state index < -0.39 is 19.2 Å². The van der Waals surface area contributed by atoms with Crippen LogP contribution in [0.2, 0.25) is 0 Å². The van der Waals surface area contributed by atoms with Crippen LogP contribution in [0.3, 0.4) is 0 Å². The van der Waals surface area contributed by atoms with Crippen molar-refractivity contribution in [1.29, 1.82) is 0 Å². The van der Waals surface area contributed by atoms with E-state index in [4.69, 9.17) is 15.3 Å². The lowest BCUT2D eigenvalue weighted by Gasteiger charge is -2.19. The maximum Gasteiger partial charge on any atom is 0.192 e. The summed E-state index contributed by atoms with van der Waals surface area (Å²) in [4.78, 5) is 14.4. The van der Waals surface area contributed by atoms with Gasteiger partial charge >= 0.3 is 0 Å². The van der Waals surface area contributed by atoms with Crippen LogP contribution in [-0.2, 0) is 4.79 Å². The summed E-state index contributed by atoms with van der Waals surface area (Å²) in [5.41, 5.74) is 0. The molecule has 0 aromatic carbocycles. The van der Waals surface area contributed by atoms with Crippen LogP contribution in [0.5, 0.6) is 0 Å². The molecule has 0 aliphatic carbocycles. The van der Waals surface area contributed by atoms with Crippen LogP contribution in [0, 0.1) is 0 Å². The van der Waals surface area contributed by atoms with Gasteiger partial charge in [0.05, 0.1) is 0 Å². The Morgan fingerprint density at radius 2 is 2.27 bits per heavy atom. The van der Waals surface area contributed by atoms with Crippen LogP contribution in [0.1, 0.15) is 0 Å². The number of carbonyl (C=O) groups excluding carboxylic acids is 1. The van der Waals surface area contributed by atoms with Gasteiger partial charge in [0.15, 0.2) is 24.6 Å².